The van der Waals surface area contributed by atoms with Gasteiger partial charge in [0.05, 0.1) is 33.2 Å². The number of anilines is 1. The first-order chi connectivity index (χ1) is 17.3. The summed E-state index contributed by atoms with van der Waals surface area (Å²) in [4.78, 5) is 12.9. The van der Waals surface area contributed by atoms with E-state index in [-0.39, 0.29) is 11.4 Å². The lowest BCUT2D eigenvalue weighted by Crippen LogP contribution is -2.38. The maximum atomic E-state index is 13.2. The lowest BCUT2D eigenvalue weighted by atomic mass is 9.76. The first-order valence-electron chi connectivity index (χ1n) is 11.1. The predicted octanol–water partition coefficient (Wildman–Crippen LogP) is 5.38. The van der Waals surface area contributed by atoms with Crippen LogP contribution in [0.1, 0.15) is 23.6 Å². The van der Waals surface area contributed by atoms with Crippen LogP contribution >= 0.6 is 11.6 Å². The Hall–Kier alpha value is -3.37. The Morgan fingerprint density at radius 1 is 1.08 bits per heavy atom. The number of nitrogens with zero attached hydrogens (tertiary/aromatic N) is 2. The van der Waals surface area contributed by atoms with Gasteiger partial charge < -0.3 is 5.32 Å². The number of benzene rings is 3. The summed E-state index contributed by atoms with van der Waals surface area (Å²) in [5.41, 5.74) is 0.534. The molecule has 1 aliphatic heterocycles. The predicted molar refractivity (Wildman–Crippen MR) is 137 cm³/mol. The largest absolute Gasteiger partial charge is 0.417 e. The maximum Gasteiger partial charge on any atom is 0.417 e. The third kappa shape index (κ3) is 5.80. The van der Waals surface area contributed by atoms with Crippen molar-refractivity contribution in [3.8, 4) is 0 Å². The minimum atomic E-state index is -4.58. The molecule has 0 bridgehead atoms. The van der Waals surface area contributed by atoms with Crippen molar-refractivity contribution in [2.24, 2.45) is 5.10 Å². The topological polar surface area (TPSA) is 78.8 Å². The number of carbonyl (C=O) groups is 1. The van der Waals surface area contributed by atoms with E-state index in [1.165, 1.54) is 36.4 Å². The zero-order valence-electron chi connectivity index (χ0n) is 19.9. The quantitative estimate of drug-likeness (QED) is 0.448. The molecule has 1 N–H and O–H groups in total. The van der Waals surface area contributed by atoms with Crippen LogP contribution in [0.25, 0.3) is 0 Å². The summed E-state index contributed by atoms with van der Waals surface area (Å²) in [6.45, 7) is 2.08. The molecule has 0 aliphatic carbocycles. The van der Waals surface area contributed by atoms with Crippen LogP contribution in [0.3, 0.4) is 0 Å². The highest BCUT2D eigenvalue weighted by Gasteiger charge is 2.42. The van der Waals surface area contributed by atoms with E-state index in [0.717, 1.165) is 17.9 Å². The number of nitrogens with one attached hydrogen (secondary N) is 1. The van der Waals surface area contributed by atoms with Crippen molar-refractivity contribution < 1.29 is 26.4 Å². The molecule has 194 valence electrons. The molecule has 37 heavy (non-hydrogen) atoms. The fourth-order valence-corrected chi connectivity index (χ4v) is 5.19. The first-order valence-corrected chi connectivity index (χ1v) is 13.4. The highest BCUT2D eigenvalue weighted by Crippen LogP contribution is 2.39. The number of carbonyl (C=O) groups excluding carboxylic acids is 1. The fraction of sp³-hybridized carbons (Fsp3) is 0.231. The Balaban J connectivity index is 1.61. The summed E-state index contributed by atoms with van der Waals surface area (Å²) in [7, 11) is -3.36. The molecule has 1 atom stereocenters. The monoisotopic (exact) mass is 549 g/mol. The molecule has 3 aromatic carbocycles. The van der Waals surface area contributed by atoms with Crippen molar-refractivity contribution in [1.82, 2.24) is 5.01 Å². The van der Waals surface area contributed by atoms with Crippen LogP contribution in [-0.2, 0) is 26.2 Å². The molecule has 0 fully saturated rings. The summed E-state index contributed by atoms with van der Waals surface area (Å²) in [5, 5.41) is 8.45. The Morgan fingerprint density at radius 2 is 1.73 bits per heavy atom. The molecule has 1 unspecified atom stereocenters. The number of hydrogen-bond donors (Lipinski definition) is 1. The molecule has 0 spiro atoms. The molecule has 0 saturated heterocycles. The highest BCUT2D eigenvalue weighted by molar-refractivity contribution is 7.90. The molecule has 0 saturated carbocycles. The van der Waals surface area contributed by atoms with E-state index >= 15 is 0 Å². The molecule has 3 aromatic rings. The third-order valence-corrected chi connectivity index (χ3v) is 7.56. The summed E-state index contributed by atoms with van der Waals surface area (Å²) < 4.78 is 63.0. The van der Waals surface area contributed by atoms with Crippen LogP contribution in [0.4, 0.5) is 18.9 Å². The van der Waals surface area contributed by atoms with E-state index in [0.29, 0.717) is 23.5 Å². The summed E-state index contributed by atoms with van der Waals surface area (Å²) in [5.74, 6) is -0.391. The zero-order valence-corrected chi connectivity index (χ0v) is 21.5. The van der Waals surface area contributed by atoms with Crippen molar-refractivity contribution in [3.05, 3.63) is 94.5 Å². The van der Waals surface area contributed by atoms with Crippen LogP contribution in [-0.4, -0.2) is 44.4 Å². The van der Waals surface area contributed by atoms with Gasteiger partial charge in [-0.1, -0.05) is 48.0 Å². The lowest BCUT2D eigenvalue weighted by molar-refractivity contribution is -0.137. The third-order valence-electron chi connectivity index (χ3n) is 6.11. The van der Waals surface area contributed by atoms with Crippen molar-refractivity contribution in [1.29, 1.82) is 0 Å². The summed E-state index contributed by atoms with van der Waals surface area (Å²) in [6.07, 6.45) is -3.49. The smallest absolute Gasteiger partial charge is 0.324 e. The number of alkyl halides is 3. The number of sulfone groups is 1. The van der Waals surface area contributed by atoms with E-state index in [4.69, 9.17) is 11.6 Å². The van der Waals surface area contributed by atoms with Gasteiger partial charge in [-0.25, -0.2) is 8.42 Å². The number of hydrogen-bond acceptors (Lipinski definition) is 5. The van der Waals surface area contributed by atoms with Crippen molar-refractivity contribution >= 4 is 38.7 Å². The van der Waals surface area contributed by atoms with E-state index in [9.17, 15) is 26.4 Å². The normalized spacial score (nSPS) is 18.0. The van der Waals surface area contributed by atoms with Crippen LogP contribution in [0, 0.1) is 0 Å². The minimum absolute atomic E-state index is 0.131. The zero-order chi connectivity index (χ0) is 27.0. The summed E-state index contributed by atoms with van der Waals surface area (Å²) in [6, 6.07) is 18.7. The Bertz CT molecular complexity index is 1460. The number of rotatable bonds is 6. The maximum absolute atomic E-state index is 13.2. The Morgan fingerprint density at radius 3 is 2.30 bits per heavy atom. The first kappa shape index (κ1) is 26.7. The molecule has 1 heterocycles. The average Bonchev–Trinajstić information content (AvgIpc) is 3.15. The van der Waals surface area contributed by atoms with Gasteiger partial charge in [0.1, 0.15) is 6.54 Å². The molecule has 0 radical (unpaired) electrons. The van der Waals surface area contributed by atoms with Gasteiger partial charge in [-0.2, -0.15) is 18.3 Å². The molecule has 0 aromatic heterocycles. The van der Waals surface area contributed by atoms with Gasteiger partial charge in [0, 0.05) is 17.5 Å². The summed E-state index contributed by atoms with van der Waals surface area (Å²) >= 11 is 5.99. The van der Waals surface area contributed by atoms with Gasteiger partial charge >= 0.3 is 6.18 Å². The van der Waals surface area contributed by atoms with Crippen LogP contribution in [0.5, 0.6) is 0 Å². The van der Waals surface area contributed by atoms with Gasteiger partial charge in [-0.15, -0.1) is 0 Å². The number of hydrazone groups is 1. The molecular weight excluding hydrogens is 527 g/mol. The average molecular weight is 550 g/mol. The second-order valence-electron chi connectivity index (χ2n) is 9.01. The number of halogens is 4. The second kappa shape index (κ2) is 9.83. The molecule has 1 aliphatic rings. The standard InChI is InChI=1S/C26H23ClF3N3O3S/c1-25(18-6-4-3-5-7-18)16-33(15-23(34)31-19-9-11-20(12-10-19)37(2,35)36)32-24(25)17-8-13-21(22(27)14-17)26(28,29)30/h3-14H,15-16H2,1-2H3,(H,31,34). The van der Waals surface area contributed by atoms with Crippen LogP contribution in [0.2, 0.25) is 5.02 Å². The Kier molecular flexibility index (Phi) is 7.09. The van der Waals surface area contributed by atoms with Crippen molar-refractivity contribution in [2.45, 2.75) is 23.4 Å². The molecule has 6 nitrogen and oxygen atoms in total. The van der Waals surface area contributed by atoms with Crippen LogP contribution < -0.4 is 5.32 Å². The highest BCUT2D eigenvalue weighted by atomic mass is 35.5. The minimum Gasteiger partial charge on any atom is -0.324 e. The molecule has 4 rings (SSSR count). The van der Waals surface area contributed by atoms with Crippen molar-refractivity contribution in [3.63, 3.8) is 0 Å². The van der Waals surface area contributed by atoms with E-state index in [2.05, 4.69) is 10.4 Å². The van der Waals surface area contributed by atoms with Crippen molar-refractivity contribution in [2.75, 3.05) is 24.7 Å². The van der Waals surface area contributed by atoms with Gasteiger partial charge in [-0.05, 0) is 48.9 Å². The Labute approximate surface area is 217 Å². The molecular formula is C26H23ClF3N3O3S. The van der Waals surface area contributed by atoms with Gasteiger partial charge in [0.25, 0.3) is 0 Å². The van der Waals surface area contributed by atoms with E-state index < -0.39 is 37.9 Å². The number of amides is 1. The van der Waals surface area contributed by atoms with Gasteiger partial charge in [0.2, 0.25) is 5.91 Å². The van der Waals surface area contributed by atoms with Gasteiger partial charge in [-0.3, -0.25) is 9.80 Å². The molecule has 1 amide bonds. The second-order valence-corrected chi connectivity index (χ2v) is 11.4. The van der Waals surface area contributed by atoms with Gasteiger partial charge in [0.15, 0.2) is 9.84 Å². The lowest BCUT2D eigenvalue weighted by Gasteiger charge is -2.27. The van der Waals surface area contributed by atoms with Crippen LogP contribution in [0.15, 0.2) is 82.8 Å². The fourth-order valence-electron chi connectivity index (χ4n) is 4.27. The van der Waals surface area contributed by atoms with E-state index in [1.807, 2.05) is 37.3 Å². The SMILES string of the molecule is CC1(c2ccccc2)CN(CC(=O)Nc2ccc(S(C)(=O)=O)cc2)N=C1c1ccc(C(F)(F)F)c(Cl)c1. The van der Waals surface area contributed by atoms with E-state index in [1.54, 1.807) is 5.01 Å². The molecule has 11 heteroatoms.